The molecule has 0 bridgehead atoms. The lowest BCUT2D eigenvalue weighted by molar-refractivity contribution is 0.412. The predicted octanol–water partition coefficient (Wildman–Crippen LogP) is 15.1. The average molecular weight is 601 g/mol. The fourth-order valence-corrected chi connectivity index (χ4v) is 7.06. The summed E-state index contributed by atoms with van der Waals surface area (Å²) in [7, 11) is 0. The Morgan fingerprint density at radius 3 is 1.09 bits per heavy atom. The van der Waals surface area contributed by atoms with E-state index in [2.05, 4.69) is 44.7 Å². The van der Waals surface area contributed by atoms with Gasteiger partial charge in [-0.05, 0) is 26.2 Å². The van der Waals surface area contributed by atoms with E-state index in [1.54, 1.807) is 0 Å². The van der Waals surface area contributed by atoms with Crippen LogP contribution in [0.2, 0.25) is 0 Å². The molecule has 1 unspecified atom stereocenters. The highest BCUT2D eigenvalue weighted by Crippen LogP contribution is 2.31. The molecule has 1 aromatic rings. The summed E-state index contributed by atoms with van der Waals surface area (Å²) in [6, 6.07) is 0.588. The number of hydrogen-bond acceptors (Lipinski definition) is 1. The number of unbranched alkanes of at least 4 members (excludes halogenated alkanes) is 26. The Balaban J connectivity index is 2.43. The molecule has 1 heterocycles. The molecule has 0 aromatic carbocycles. The molecule has 0 aliphatic heterocycles. The van der Waals surface area contributed by atoms with Crippen LogP contribution in [0, 0.1) is 0 Å². The molecule has 0 fully saturated rings. The minimum atomic E-state index is 0.588. The second-order valence-electron chi connectivity index (χ2n) is 14.3. The quantitative estimate of drug-likeness (QED) is 0.0719. The van der Waals surface area contributed by atoms with Crippen LogP contribution < -0.4 is 0 Å². The summed E-state index contributed by atoms with van der Waals surface area (Å²) in [6.07, 6.45) is 49.7. The van der Waals surface area contributed by atoms with Crippen molar-refractivity contribution in [1.82, 2.24) is 9.55 Å². The summed E-state index contributed by atoms with van der Waals surface area (Å²) in [6.45, 7) is 9.39. The van der Waals surface area contributed by atoms with E-state index in [1.165, 1.54) is 211 Å². The maximum Gasteiger partial charge on any atom is 0.111 e. The van der Waals surface area contributed by atoms with E-state index in [4.69, 9.17) is 4.98 Å². The number of nitrogens with zero attached hydrogens (tertiary/aromatic N) is 2. The third-order valence-corrected chi connectivity index (χ3v) is 10.1. The van der Waals surface area contributed by atoms with Crippen molar-refractivity contribution in [2.24, 2.45) is 0 Å². The van der Waals surface area contributed by atoms with Gasteiger partial charge < -0.3 is 4.57 Å². The van der Waals surface area contributed by atoms with Gasteiger partial charge in [0.25, 0.3) is 0 Å². The number of hydrogen-bond donors (Lipinski definition) is 0. The summed E-state index contributed by atoms with van der Waals surface area (Å²) >= 11 is 0. The SMILES string of the molecule is CCCCCCCCCCCCCC(CCCCCCCCCCCCC)c1nccn1C(C)CCCCCCCCC. The van der Waals surface area contributed by atoms with Crippen LogP contribution in [0.5, 0.6) is 0 Å². The minimum absolute atomic E-state index is 0.588. The zero-order chi connectivity index (χ0) is 31.1. The standard InChI is InChI=1S/C41H80N2/c1-5-8-11-14-17-19-21-23-26-29-32-35-40(36-33-30-27-24-22-20-18-15-12-9-6-2)41-42-37-38-43(41)39(4)34-31-28-25-16-13-10-7-3/h37-40H,5-36H2,1-4H3. The van der Waals surface area contributed by atoms with Crippen LogP contribution in [0.3, 0.4) is 0 Å². The normalized spacial score (nSPS) is 12.5. The fraction of sp³-hybridized carbons (Fsp3) is 0.927. The van der Waals surface area contributed by atoms with Crippen molar-refractivity contribution in [3.05, 3.63) is 18.2 Å². The first-order valence-corrected chi connectivity index (χ1v) is 20.3. The summed E-state index contributed by atoms with van der Waals surface area (Å²) in [5.74, 6) is 2.07. The third-order valence-electron chi connectivity index (χ3n) is 10.1. The highest BCUT2D eigenvalue weighted by Gasteiger charge is 2.19. The first-order valence-electron chi connectivity index (χ1n) is 20.3. The van der Waals surface area contributed by atoms with Gasteiger partial charge in [-0.1, -0.05) is 207 Å². The van der Waals surface area contributed by atoms with Crippen LogP contribution in [-0.2, 0) is 0 Å². The first kappa shape index (κ1) is 40.2. The van der Waals surface area contributed by atoms with Crippen LogP contribution in [0.15, 0.2) is 12.4 Å². The van der Waals surface area contributed by atoms with E-state index in [1.807, 2.05) is 0 Å². The molecule has 0 N–H and O–H groups in total. The van der Waals surface area contributed by atoms with Crippen LogP contribution in [-0.4, -0.2) is 9.55 Å². The maximum atomic E-state index is 5.02. The summed E-state index contributed by atoms with van der Waals surface area (Å²) in [4.78, 5) is 5.02. The van der Waals surface area contributed by atoms with Crippen molar-refractivity contribution >= 4 is 0 Å². The molecule has 0 aliphatic rings. The topological polar surface area (TPSA) is 17.8 Å². The van der Waals surface area contributed by atoms with E-state index in [0.29, 0.717) is 12.0 Å². The van der Waals surface area contributed by atoms with Crippen molar-refractivity contribution in [3.63, 3.8) is 0 Å². The van der Waals surface area contributed by atoms with Crippen molar-refractivity contribution in [3.8, 4) is 0 Å². The Morgan fingerprint density at radius 1 is 0.442 bits per heavy atom. The highest BCUT2D eigenvalue weighted by atomic mass is 15.1. The summed E-state index contributed by atoms with van der Waals surface area (Å²) < 4.78 is 2.58. The van der Waals surface area contributed by atoms with Crippen LogP contribution in [0.4, 0.5) is 0 Å². The van der Waals surface area contributed by atoms with Gasteiger partial charge in [-0.15, -0.1) is 0 Å². The van der Waals surface area contributed by atoms with Crippen molar-refractivity contribution in [1.29, 1.82) is 0 Å². The lowest BCUT2D eigenvalue weighted by Crippen LogP contribution is -2.13. The molecule has 0 saturated heterocycles. The second-order valence-corrected chi connectivity index (χ2v) is 14.3. The van der Waals surface area contributed by atoms with E-state index in [9.17, 15) is 0 Å². The van der Waals surface area contributed by atoms with Gasteiger partial charge in [-0.2, -0.15) is 0 Å². The molecule has 0 saturated carbocycles. The predicted molar refractivity (Wildman–Crippen MR) is 194 cm³/mol. The number of aromatic nitrogens is 2. The molecule has 254 valence electrons. The van der Waals surface area contributed by atoms with Crippen LogP contribution in [0.1, 0.15) is 251 Å². The van der Waals surface area contributed by atoms with Gasteiger partial charge in [-0.3, -0.25) is 0 Å². The molecule has 0 radical (unpaired) electrons. The Bertz CT molecular complexity index is 638. The summed E-state index contributed by atoms with van der Waals surface area (Å²) in [5.41, 5.74) is 0. The van der Waals surface area contributed by atoms with E-state index in [-0.39, 0.29) is 0 Å². The van der Waals surface area contributed by atoms with Crippen molar-refractivity contribution in [2.75, 3.05) is 0 Å². The van der Waals surface area contributed by atoms with Gasteiger partial charge in [-0.25, -0.2) is 4.98 Å². The highest BCUT2D eigenvalue weighted by molar-refractivity contribution is 5.02. The van der Waals surface area contributed by atoms with Crippen molar-refractivity contribution < 1.29 is 0 Å². The Hall–Kier alpha value is -0.790. The smallest absolute Gasteiger partial charge is 0.111 e. The molecule has 1 atom stereocenters. The molecule has 2 nitrogen and oxygen atoms in total. The monoisotopic (exact) mass is 601 g/mol. The lowest BCUT2D eigenvalue weighted by Gasteiger charge is -2.22. The molecular weight excluding hydrogens is 520 g/mol. The molecule has 0 aliphatic carbocycles. The number of rotatable bonds is 34. The molecule has 1 aromatic heterocycles. The maximum absolute atomic E-state index is 5.02. The Kier molecular flexibility index (Phi) is 29.2. The van der Waals surface area contributed by atoms with Gasteiger partial charge in [0.2, 0.25) is 0 Å². The molecule has 0 amide bonds. The van der Waals surface area contributed by atoms with Gasteiger partial charge in [0, 0.05) is 24.4 Å². The van der Waals surface area contributed by atoms with Gasteiger partial charge in [0.05, 0.1) is 0 Å². The number of imidazole rings is 1. The molecular formula is C41H80N2. The van der Waals surface area contributed by atoms with Crippen molar-refractivity contribution in [2.45, 2.75) is 245 Å². The van der Waals surface area contributed by atoms with Gasteiger partial charge >= 0.3 is 0 Å². The zero-order valence-corrected chi connectivity index (χ0v) is 30.3. The largest absolute Gasteiger partial charge is 0.332 e. The second kappa shape index (κ2) is 31.2. The first-order chi connectivity index (χ1) is 21.2. The molecule has 2 heteroatoms. The molecule has 43 heavy (non-hydrogen) atoms. The molecule has 1 rings (SSSR count). The zero-order valence-electron chi connectivity index (χ0n) is 30.3. The third kappa shape index (κ3) is 23.2. The molecule has 0 spiro atoms. The van der Waals surface area contributed by atoms with E-state index >= 15 is 0 Å². The van der Waals surface area contributed by atoms with Gasteiger partial charge in [0.1, 0.15) is 5.82 Å². The van der Waals surface area contributed by atoms with Crippen LogP contribution >= 0.6 is 0 Å². The fourth-order valence-electron chi connectivity index (χ4n) is 7.06. The lowest BCUT2D eigenvalue weighted by atomic mass is 9.92. The Labute approximate surface area is 272 Å². The van der Waals surface area contributed by atoms with E-state index < -0.39 is 0 Å². The summed E-state index contributed by atoms with van der Waals surface area (Å²) in [5, 5.41) is 0. The Morgan fingerprint density at radius 2 is 0.744 bits per heavy atom. The minimum Gasteiger partial charge on any atom is -0.332 e. The van der Waals surface area contributed by atoms with Gasteiger partial charge in [0.15, 0.2) is 0 Å². The van der Waals surface area contributed by atoms with Crippen LogP contribution in [0.25, 0.3) is 0 Å². The van der Waals surface area contributed by atoms with E-state index in [0.717, 1.165) is 0 Å². The average Bonchev–Trinajstić information content (AvgIpc) is 3.51.